The van der Waals surface area contributed by atoms with E-state index in [9.17, 15) is 13.6 Å². The quantitative estimate of drug-likeness (QED) is 0.558. The van der Waals surface area contributed by atoms with Gasteiger partial charge in [0.25, 0.3) is 0 Å². The Bertz CT molecular complexity index is 404. The summed E-state index contributed by atoms with van der Waals surface area (Å²) in [4.78, 5) is 13.3. The molecule has 80 valence electrons. The number of halogens is 2. The Labute approximate surface area is 86.6 Å². The number of hydrogen-bond donors (Lipinski definition) is 0. The molecule has 0 heterocycles. The van der Waals surface area contributed by atoms with Gasteiger partial charge in [0.05, 0.1) is 6.54 Å². The van der Waals surface area contributed by atoms with E-state index >= 15 is 0 Å². The Balaban J connectivity index is 3.26. The van der Waals surface area contributed by atoms with Crippen LogP contribution in [-0.2, 0) is 17.0 Å². The van der Waals surface area contributed by atoms with Crippen molar-refractivity contribution in [2.45, 2.75) is 26.1 Å². The summed E-state index contributed by atoms with van der Waals surface area (Å²) >= 11 is 0. The summed E-state index contributed by atoms with van der Waals surface area (Å²) in [6.07, 6.45) is 1.34. The Kier molecular flexibility index (Phi) is 3.32. The largest absolute Gasteiger partial charge is 0.239 e. The third kappa shape index (κ3) is 2.70. The SMILES string of the molecule is CC(C)(F)c1c(F)cccc1CN=C=O. The molecule has 0 spiro atoms. The molecule has 0 saturated carbocycles. The summed E-state index contributed by atoms with van der Waals surface area (Å²) in [5, 5.41) is 0. The predicted molar refractivity (Wildman–Crippen MR) is 52.4 cm³/mol. The topological polar surface area (TPSA) is 29.4 Å². The average Bonchev–Trinajstić information content (AvgIpc) is 2.12. The molecule has 0 unspecified atom stereocenters. The maximum atomic E-state index is 13.7. The first-order valence-corrected chi connectivity index (χ1v) is 4.47. The average molecular weight is 211 g/mol. The number of alkyl halides is 1. The van der Waals surface area contributed by atoms with Crippen LogP contribution in [0.15, 0.2) is 23.2 Å². The first-order chi connectivity index (χ1) is 6.96. The number of nitrogens with zero attached hydrogens (tertiary/aromatic N) is 1. The van der Waals surface area contributed by atoms with Crippen molar-refractivity contribution < 1.29 is 13.6 Å². The van der Waals surface area contributed by atoms with Crippen LogP contribution < -0.4 is 0 Å². The first kappa shape index (κ1) is 11.5. The number of hydrogen-bond acceptors (Lipinski definition) is 2. The zero-order chi connectivity index (χ0) is 11.5. The van der Waals surface area contributed by atoms with Gasteiger partial charge in [0.2, 0.25) is 6.08 Å². The molecule has 0 atom stereocenters. The standard InChI is InChI=1S/C11H11F2NO/c1-11(2,13)10-8(6-14-7-15)4-3-5-9(10)12/h3-5H,6H2,1-2H3. The zero-order valence-electron chi connectivity index (χ0n) is 8.55. The lowest BCUT2D eigenvalue weighted by molar-refractivity contribution is 0.212. The van der Waals surface area contributed by atoms with Crippen LogP contribution in [-0.4, -0.2) is 6.08 Å². The summed E-state index contributed by atoms with van der Waals surface area (Å²) in [6.45, 7) is 2.48. The van der Waals surface area contributed by atoms with E-state index in [1.54, 1.807) is 6.07 Å². The van der Waals surface area contributed by atoms with E-state index in [0.29, 0.717) is 5.56 Å². The molecule has 0 N–H and O–H groups in total. The summed E-state index contributed by atoms with van der Waals surface area (Å²) in [5.74, 6) is -0.624. The number of carbonyl (C=O) groups excluding carboxylic acids is 1. The highest BCUT2D eigenvalue weighted by Crippen LogP contribution is 2.30. The van der Waals surface area contributed by atoms with Gasteiger partial charge in [-0.25, -0.2) is 18.6 Å². The molecule has 0 aromatic heterocycles. The normalized spacial score (nSPS) is 10.9. The van der Waals surface area contributed by atoms with Crippen molar-refractivity contribution in [3.8, 4) is 0 Å². The highest BCUT2D eigenvalue weighted by atomic mass is 19.1. The van der Waals surface area contributed by atoms with Gasteiger partial charge in [0, 0.05) is 5.56 Å². The second kappa shape index (κ2) is 4.32. The monoisotopic (exact) mass is 211 g/mol. The van der Waals surface area contributed by atoms with Gasteiger partial charge in [0.1, 0.15) is 11.5 Å². The molecule has 1 aromatic carbocycles. The van der Waals surface area contributed by atoms with Crippen LogP contribution in [0.25, 0.3) is 0 Å². The molecule has 0 aliphatic heterocycles. The van der Waals surface area contributed by atoms with Crippen molar-refractivity contribution in [3.63, 3.8) is 0 Å². The van der Waals surface area contributed by atoms with Crippen LogP contribution in [0.4, 0.5) is 8.78 Å². The summed E-state index contributed by atoms with van der Waals surface area (Å²) in [6, 6.07) is 4.19. The Morgan fingerprint density at radius 3 is 2.67 bits per heavy atom. The second-order valence-electron chi connectivity index (χ2n) is 3.65. The van der Waals surface area contributed by atoms with E-state index in [2.05, 4.69) is 4.99 Å². The lowest BCUT2D eigenvalue weighted by Crippen LogP contribution is -2.14. The van der Waals surface area contributed by atoms with Gasteiger partial charge in [-0.2, -0.15) is 0 Å². The lowest BCUT2D eigenvalue weighted by Gasteiger charge is -2.18. The van der Waals surface area contributed by atoms with E-state index in [0.717, 1.165) is 0 Å². The predicted octanol–water partition coefficient (Wildman–Crippen LogP) is 2.87. The van der Waals surface area contributed by atoms with Gasteiger partial charge in [-0.3, -0.25) is 0 Å². The van der Waals surface area contributed by atoms with Crippen LogP contribution in [0.1, 0.15) is 25.0 Å². The first-order valence-electron chi connectivity index (χ1n) is 4.47. The van der Waals surface area contributed by atoms with E-state index in [1.165, 1.54) is 32.1 Å². The number of benzene rings is 1. The molecule has 0 amide bonds. The van der Waals surface area contributed by atoms with E-state index < -0.39 is 11.5 Å². The van der Waals surface area contributed by atoms with E-state index in [-0.39, 0.29) is 12.1 Å². The van der Waals surface area contributed by atoms with Crippen LogP contribution in [0.2, 0.25) is 0 Å². The van der Waals surface area contributed by atoms with Crippen molar-refractivity contribution in [3.05, 3.63) is 35.1 Å². The minimum Gasteiger partial charge on any atom is -0.239 e. The van der Waals surface area contributed by atoms with Crippen LogP contribution in [0.3, 0.4) is 0 Å². The van der Waals surface area contributed by atoms with E-state index in [1.807, 2.05) is 0 Å². The van der Waals surface area contributed by atoms with Gasteiger partial charge in [-0.05, 0) is 25.5 Å². The molecular weight excluding hydrogens is 200 g/mol. The molecule has 15 heavy (non-hydrogen) atoms. The van der Waals surface area contributed by atoms with Gasteiger partial charge >= 0.3 is 0 Å². The van der Waals surface area contributed by atoms with E-state index in [4.69, 9.17) is 0 Å². The molecule has 1 aromatic rings. The molecule has 0 aliphatic carbocycles. The molecular formula is C11H11F2NO. The minimum atomic E-state index is -1.79. The maximum Gasteiger partial charge on any atom is 0.235 e. The van der Waals surface area contributed by atoms with Crippen molar-refractivity contribution in [2.24, 2.45) is 4.99 Å². The molecule has 0 saturated heterocycles. The Morgan fingerprint density at radius 1 is 1.47 bits per heavy atom. The molecule has 2 nitrogen and oxygen atoms in total. The molecule has 0 fully saturated rings. The number of isocyanates is 1. The van der Waals surface area contributed by atoms with Crippen LogP contribution in [0, 0.1) is 5.82 Å². The highest BCUT2D eigenvalue weighted by Gasteiger charge is 2.26. The summed E-state index contributed by atoms with van der Waals surface area (Å²) < 4.78 is 27.1. The fraction of sp³-hybridized carbons (Fsp3) is 0.364. The molecule has 0 radical (unpaired) electrons. The van der Waals surface area contributed by atoms with Gasteiger partial charge in [0.15, 0.2) is 0 Å². The molecule has 1 rings (SSSR count). The van der Waals surface area contributed by atoms with Gasteiger partial charge in [-0.1, -0.05) is 12.1 Å². The maximum absolute atomic E-state index is 13.7. The van der Waals surface area contributed by atoms with Crippen LogP contribution in [0.5, 0.6) is 0 Å². The Morgan fingerprint density at radius 2 is 2.13 bits per heavy atom. The van der Waals surface area contributed by atoms with Gasteiger partial charge in [-0.15, -0.1) is 0 Å². The third-order valence-electron chi connectivity index (χ3n) is 2.01. The minimum absolute atomic E-state index is 0.0516. The van der Waals surface area contributed by atoms with Gasteiger partial charge < -0.3 is 0 Å². The zero-order valence-corrected chi connectivity index (χ0v) is 8.55. The van der Waals surface area contributed by atoms with Crippen molar-refractivity contribution in [1.29, 1.82) is 0 Å². The summed E-state index contributed by atoms with van der Waals surface area (Å²) in [5.41, 5.74) is -1.48. The molecule has 4 heteroatoms. The number of aliphatic imine (C=N–C) groups is 1. The Hall–Kier alpha value is -1.54. The third-order valence-corrected chi connectivity index (χ3v) is 2.01. The summed E-state index contributed by atoms with van der Waals surface area (Å²) in [7, 11) is 0. The molecule has 0 aliphatic rings. The fourth-order valence-electron chi connectivity index (χ4n) is 1.48. The highest BCUT2D eigenvalue weighted by molar-refractivity contribution is 5.37. The number of rotatable bonds is 3. The van der Waals surface area contributed by atoms with Crippen LogP contribution >= 0.6 is 0 Å². The molecule has 0 bridgehead atoms. The van der Waals surface area contributed by atoms with Crippen molar-refractivity contribution in [2.75, 3.05) is 0 Å². The lowest BCUT2D eigenvalue weighted by atomic mass is 9.94. The van der Waals surface area contributed by atoms with Crippen molar-refractivity contribution in [1.82, 2.24) is 0 Å². The fourth-order valence-corrected chi connectivity index (χ4v) is 1.48. The second-order valence-corrected chi connectivity index (χ2v) is 3.65. The smallest absolute Gasteiger partial charge is 0.235 e. The van der Waals surface area contributed by atoms with Crippen molar-refractivity contribution >= 4 is 6.08 Å².